The Kier molecular flexibility index (Phi) is 7.67. The van der Waals surface area contributed by atoms with Crippen LogP contribution in [0.5, 0.6) is 11.5 Å². The Labute approximate surface area is 295 Å². The molecular formula is C45H44N4O. The van der Waals surface area contributed by atoms with Gasteiger partial charge in [0.25, 0.3) is 0 Å². The van der Waals surface area contributed by atoms with Gasteiger partial charge in [-0.15, -0.1) is 0 Å². The van der Waals surface area contributed by atoms with Gasteiger partial charge in [-0.2, -0.15) is 0 Å². The molecule has 0 bridgehead atoms. The minimum Gasteiger partial charge on any atom is -0.457 e. The highest BCUT2D eigenvalue weighted by Crippen LogP contribution is 2.43. The number of benzene rings is 5. The van der Waals surface area contributed by atoms with E-state index in [1.807, 2.05) is 12.3 Å². The molecule has 1 aliphatic rings. The normalized spacial score (nSPS) is 13.3. The fourth-order valence-corrected chi connectivity index (χ4v) is 7.03. The van der Waals surface area contributed by atoms with E-state index in [2.05, 4.69) is 177 Å². The number of rotatable bonds is 6. The van der Waals surface area contributed by atoms with Crippen LogP contribution in [0.25, 0.3) is 27.6 Å². The van der Waals surface area contributed by atoms with Crippen molar-refractivity contribution in [3.8, 4) is 17.3 Å². The van der Waals surface area contributed by atoms with E-state index in [1.165, 1.54) is 38.8 Å². The Morgan fingerprint density at radius 2 is 1.32 bits per heavy atom. The van der Waals surface area contributed by atoms with Crippen molar-refractivity contribution < 1.29 is 4.74 Å². The summed E-state index contributed by atoms with van der Waals surface area (Å²) in [7, 11) is 0. The van der Waals surface area contributed by atoms with Gasteiger partial charge >= 0.3 is 0 Å². The Bertz CT molecular complexity index is 2330. The van der Waals surface area contributed by atoms with Gasteiger partial charge in [-0.1, -0.05) is 102 Å². The number of anilines is 3. The van der Waals surface area contributed by atoms with Crippen molar-refractivity contribution in [3.05, 3.63) is 150 Å². The highest BCUT2D eigenvalue weighted by Gasteiger charge is 2.27. The number of ether oxygens (including phenoxy) is 1. The van der Waals surface area contributed by atoms with Crippen molar-refractivity contribution in [1.29, 1.82) is 0 Å². The first-order valence-corrected chi connectivity index (χ1v) is 17.5. The molecule has 5 aromatic carbocycles. The van der Waals surface area contributed by atoms with Crippen LogP contribution in [0.2, 0.25) is 0 Å². The lowest BCUT2D eigenvalue weighted by Gasteiger charge is -2.22. The summed E-state index contributed by atoms with van der Waals surface area (Å²) in [6, 6.07) is 45.4. The van der Waals surface area contributed by atoms with Gasteiger partial charge in [0, 0.05) is 41.3 Å². The van der Waals surface area contributed by atoms with Crippen molar-refractivity contribution in [2.24, 2.45) is 0 Å². The largest absolute Gasteiger partial charge is 0.457 e. The van der Waals surface area contributed by atoms with E-state index in [0.717, 1.165) is 47.3 Å². The molecule has 0 saturated heterocycles. The van der Waals surface area contributed by atoms with Crippen molar-refractivity contribution in [1.82, 2.24) is 9.55 Å². The molecule has 0 spiro atoms. The van der Waals surface area contributed by atoms with Crippen LogP contribution in [-0.2, 0) is 17.4 Å². The summed E-state index contributed by atoms with van der Waals surface area (Å²) in [4.78, 5) is 9.79. The first kappa shape index (κ1) is 31.7. The summed E-state index contributed by atoms with van der Waals surface area (Å²) in [5, 5.41) is 2.40. The van der Waals surface area contributed by atoms with E-state index in [4.69, 9.17) is 9.72 Å². The maximum Gasteiger partial charge on any atom is 0.137 e. The molecule has 50 heavy (non-hydrogen) atoms. The zero-order chi connectivity index (χ0) is 34.6. The number of nitrogens with zero attached hydrogens (tertiary/aromatic N) is 4. The fraction of sp³-hybridized carbons (Fsp3) is 0.222. The lowest BCUT2D eigenvalue weighted by molar-refractivity contribution is 0.483. The average Bonchev–Trinajstić information content (AvgIpc) is 3.63. The zero-order valence-electron chi connectivity index (χ0n) is 29.8. The number of para-hydroxylation sites is 2. The number of hydrogen-bond acceptors (Lipinski definition) is 4. The topological polar surface area (TPSA) is 33.5 Å². The SMILES string of the molecule is CC(C)(C)c1ccc(-n2c3ccc(C(C)(C)C)cc3c3ccc(Oc4cccc(N5CN(Cc6ccccc6)c6ccccc65)c4)cc32)nc1. The monoisotopic (exact) mass is 656 g/mol. The Morgan fingerprint density at radius 3 is 2.06 bits per heavy atom. The molecule has 5 nitrogen and oxygen atoms in total. The van der Waals surface area contributed by atoms with E-state index in [1.54, 1.807) is 0 Å². The minimum atomic E-state index is 0.0286. The minimum absolute atomic E-state index is 0.0286. The van der Waals surface area contributed by atoms with Crippen molar-refractivity contribution in [3.63, 3.8) is 0 Å². The third-order valence-corrected chi connectivity index (χ3v) is 9.85. The molecule has 8 rings (SSSR count). The van der Waals surface area contributed by atoms with Crippen LogP contribution in [0.15, 0.2) is 134 Å². The van der Waals surface area contributed by atoms with E-state index >= 15 is 0 Å². The predicted octanol–water partition coefficient (Wildman–Crippen LogP) is 11.7. The van der Waals surface area contributed by atoms with Gasteiger partial charge in [-0.3, -0.25) is 4.57 Å². The molecule has 0 fully saturated rings. The van der Waals surface area contributed by atoms with Gasteiger partial charge in [-0.05, 0) is 82.1 Å². The third kappa shape index (κ3) is 5.87. The van der Waals surface area contributed by atoms with Crippen LogP contribution >= 0.6 is 0 Å². The predicted molar refractivity (Wildman–Crippen MR) is 209 cm³/mol. The van der Waals surface area contributed by atoms with Gasteiger partial charge in [0.15, 0.2) is 0 Å². The summed E-state index contributed by atoms with van der Waals surface area (Å²) in [5.41, 5.74) is 9.62. The van der Waals surface area contributed by atoms with Crippen LogP contribution in [0, 0.1) is 0 Å². The number of pyridine rings is 1. The van der Waals surface area contributed by atoms with Gasteiger partial charge in [0.2, 0.25) is 0 Å². The van der Waals surface area contributed by atoms with Crippen LogP contribution in [-0.4, -0.2) is 16.2 Å². The molecule has 0 saturated carbocycles. The number of fused-ring (bicyclic) bond motifs is 4. The van der Waals surface area contributed by atoms with Gasteiger partial charge in [0.05, 0.1) is 29.1 Å². The number of aromatic nitrogens is 2. The molecule has 0 unspecified atom stereocenters. The van der Waals surface area contributed by atoms with Crippen LogP contribution in [0.3, 0.4) is 0 Å². The molecule has 0 aliphatic carbocycles. The Hall–Kier alpha value is -5.55. The highest BCUT2D eigenvalue weighted by molar-refractivity contribution is 6.09. The summed E-state index contributed by atoms with van der Waals surface area (Å²) in [6.07, 6.45) is 2.01. The zero-order valence-corrected chi connectivity index (χ0v) is 29.8. The lowest BCUT2D eigenvalue weighted by Crippen LogP contribution is -2.27. The standard InChI is InChI=1S/C45H44N4O/c1-44(2,3)32-19-23-39-38(25-32)37-22-21-36(27-42(37)49(39)43-24-20-33(28-46-43)45(4,5)6)50-35-16-12-15-34(26-35)48-30-47(29-31-13-8-7-9-14-31)40-17-10-11-18-41(40)48/h7-28H,29-30H2,1-6H3. The summed E-state index contributed by atoms with van der Waals surface area (Å²) in [5.74, 6) is 2.48. The fourth-order valence-electron chi connectivity index (χ4n) is 7.03. The molecule has 5 heteroatoms. The Morgan fingerprint density at radius 1 is 0.600 bits per heavy atom. The maximum atomic E-state index is 6.65. The molecule has 250 valence electrons. The van der Waals surface area contributed by atoms with Gasteiger partial charge < -0.3 is 14.5 Å². The molecule has 0 radical (unpaired) electrons. The molecule has 0 amide bonds. The molecule has 2 aromatic heterocycles. The summed E-state index contributed by atoms with van der Waals surface area (Å²) >= 11 is 0. The van der Waals surface area contributed by atoms with Crippen molar-refractivity contribution in [2.45, 2.75) is 58.9 Å². The van der Waals surface area contributed by atoms with Crippen LogP contribution < -0.4 is 14.5 Å². The molecule has 0 atom stereocenters. The second kappa shape index (κ2) is 12.1. The first-order chi connectivity index (χ1) is 24.0. The lowest BCUT2D eigenvalue weighted by atomic mass is 9.86. The maximum absolute atomic E-state index is 6.65. The quantitative estimate of drug-likeness (QED) is 0.178. The van der Waals surface area contributed by atoms with E-state index in [9.17, 15) is 0 Å². The molecular weight excluding hydrogens is 613 g/mol. The smallest absolute Gasteiger partial charge is 0.137 e. The Balaban J connectivity index is 1.16. The summed E-state index contributed by atoms with van der Waals surface area (Å²) < 4.78 is 8.92. The van der Waals surface area contributed by atoms with E-state index < -0.39 is 0 Å². The highest BCUT2D eigenvalue weighted by atomic mass is 16.5. The second-order valence-electron chi connectivity index (χ2n) is 15.5. The van der Waals surface area contributed by atoms with Crippen molar-refractivity contribution in [2.75, 3.05) is 16.5 Å². The molecule has 7 aromatic rings. The third-order valence-electron chi connectivity index (χ3n) is 9.85. The molecule has 1 aliphatic heterocycles. The average molecular weight is 657 g/mol. The summed E-state index contributed by atoms with van der Waals surface area (Å²) in [6.45, 7) is 15.1. The van der Waals surface area contributed by atoms with Crippen LogP contribution in [0.4, 0.5) is 17.1 Å². The second-order valence-corrected chi connectivity index (χ2v) is 15.5. The first-order valence-electron chi connectivity index (χ1n) is 17.5. The van der Waals surface area contributed by atoms with Crippen molar-refractivity contribution >= 4 is 38.9 Å². The van der Waals surface area contributed by atoms with Gasteiger partial charge in [-0.25, -0.2) is 4.98 Å². The van der Waals surface area contributed by atoms with Gasteiger partial charge in [0.1, 0.15) is 17.3 Å². The van der Waals surface area contributed by atoms with Crippen LogP contribution in [0.1, 0.15) is 58.2 Å². The molecule has 0 N–H and O–H groups in total. The van der Waals surface area contributed by atoms with E-state index in [-0.39, 0.29) is 10.8 Å². The molecule has 3 heterocycles. The number of hydrogen-bond donors (Lipinski definition) is 0. The van der Waals surface area contributed by atoms with E-state index in [0.29, 0.717) is 0 Å².